The highest BCUT2D eigenvalue weighted by atomic mass is 32.1. The zero-order chi connectivity index (χ0) is 15.4. The van der Waals surface area contributed by atoms with Crippen molar-refractivity contribution in [1.82, 2.24) is 15.2 Å². The SMILES string of the molecule is O=C(Nc1ncn[nH]1)c1cccc(NC(=O)c2cccs2)c1. The van der Waals surface area contributed by atoms with E-state index in [0.29, 0.717) is 16.1 Å². The summed E-state index contributed by atoms with van der Waals surface area (Å²) in [4.78, 5) is 28.5. The van der Waals surface area contributed by atoms with Crippen LogP contribution in [-0.4, -0.2) is 27.0 Å². The Bertz CT molecular complexity index is 783. The molecule has 3 rings (SSSR count). The van der Waals surface area contributed by atoms with E-state index in [-0.39, 0.29) is 17.8 Å². The van der Waals surface area contributed by atoms with Gasteiger partial charge in [-0.1, -0.05) is 12.1 Å². The molecule has 0 radical (unpaired) electrons. The van der Waals surface area contributed by atoms with Gasteiger partial charge in [0.1, 0.15) is 6.33 Å². The predicted molar refractivity (Wildman–Crippen MR) is 83.1 cm³/mol. The number of nitrogens with zero attached hydrogens (tertiary/aromatic N) is 2. The van der Waals surface area contributed by atoms with Crippen LogP contribution in [0.5, 0.6) is 0 Å². The number of aromatic amines is 1. The highest BCUT2D eigenvalue weighted by Crippen LogP contribution is 2.15. The van der Waals surface area contributed by atoms with Crippen LogP contribution in [0.1, 0.15) is 20.0 Å². The summed E-state index contributed by atoms with van der Waals surface area (Å²) in [5.74, 6) is -0.287. The number of carbonyl (C=O) groups excluding carboxylic acids is 2. The molecule has 3 N–H and O–H groups in total. The van der Waals surface area contributed by atoms with Crippen LogP contribution in [0.15, 0.2) is 48.1 Å². The molecule has 0 atom stereocenters. The Hall–Kier alpha value is -3.00. The summed E-state index contributed by atoms with van der Waals surface area (Å²) in [6.07, 6.45) is 1.30. The number of anilines is 2. The second-order valence-electron chi connectivity index (χ2n) is 4.30. The molecule has 0 aliphatic heterocycles. The van der Waals surface area contributed by atoms with Gasteiger partial charge in [-0.25, -0.2) is 5.10 Å². The van der Waals surface area contributed by atoms with Gasteiger partial charge in [0.05, 0.1) is 4.88 Å². The fourth-order valence-electron chi connectivity index (χ4n) is 1.78. The van der Waals surface area contributed by atoms with Crippen molar-refractivity contribution in [1.29, 1.82) is 0 Å². The van der Waals surface area contributed by atoms with E-state index in [1.165, 1.54) is 17.7 Å². The molecule has 8 heteroatoms. The standard InChI is InChI=1S/C14H11N5O2S/c20-12(18-14-15-8-16-19-14)9-3-1-4-10(7-9)17-13(21)11-5-2-6-22-11/h1-8H,(H,17,21)(H2,15,16,18,19,20). The van der Waals surface area contributed by atoms with E-state index in [1.54, 1.807) is 36.4 Å². The van der Waals surface area contributed by atoms with Gasteiger partial charge in [-0.2, -0.15) is 10.1 Å². The molecule has 0 aliphatic carbocycles. The summed E-state index contributed by atoms with van der Waals surface area (Å²) >= 11 is 1.35. The third kappa shape index (κ3) is 3.18. The lowest BCUT2D eigenvalue weighted by Crippen LogP contribution is -2.14. The second-order valence-corrected chi connectivity index (χ2v) is 5.25. The van der Waals surface area contributed by atoms with E-state index in [4.69, 9.17) is 0 Å². The summed E-state index contributed by atoms with van der Waals surface area (Å²) < 4.78 is 0. The Balaban J connectivity index is 1.72. The third-order valence-corrected chi connectivity index (χ3v) is 3.64. The van der Waals surface area contributed by atoms with E-state index < -0.39 is 0 Å². The Labute approximate surface area is 129 Å². The summed E-state index contributed by atoms with van der Waals surface area (Å²) in [7, 11) is 0. The van der Waals surface area contributed by atoms with Crippen LogP contribution in [0, 0.1) is 0 Å². The van der Waals surface area contributed by atoms with Gasteiger partial charge >= 0.3 is 0 Å². The van der Waals surface area contributed by atoms with Crippen molar-refractivity contribution >= 4 is 34.8 Å². The van der Waals surface area contributed by atoms with Crippen molar-refractivity contribution in [2.45, 2.75) is 0 Å². The molecule has 1 aromatic carbocycles. The minimum absolute atomic E-state index is 0.206. The third-order valence-electron chi connectivity index (χ3n) is 2.77. The van der Waals surface area contributed by atoms with E-state index in [0.717, 1.165) is 0 Å². The number of carbonyl (C=O) groups is 2. The van der Waals surface area contributed by atoms with Crippen LogP contribution < -0.4 is 10.6 Å². The normalized spacial score (nSPS) is 10.2. The smallest absolute Gasteiger partial charge is 0.265 e. The number of nitrogens with one attached hydrogen (secondary N) is 3. The number of thiophene rings is 1. The van der Waals surface area contributed by atoms with Crippen molar-refractivity contribution in [3.05, 3.63) is 58.5 Å². The van der Waals surface area contributed by atoms with Gasteiger partial charge in [-0.15, -0.1) is 11.3 Å². The summed E-state index contributed by atoms with van der Waals surface area (Å²) in [6.45, 7) is 0. The monoisotopic (exact) mass is 313 g/mol. The first kappa shape index (κ1) is 14.0. The average Bonchev–Trinajstić information content (AvgIpc) is 3.21. The highest BCUT2D eigenvalue weighted by Gasteiger charge is 2.10. The van der Waals surface area contributed by atoms with Crippen LogP contribution >= 0.6 is 11.3 Å². The van der Waals surface area contributed by atoms with Crippen molar-refractivity contribution in [3.8, 4) is 0 Å². The van der Waals surface area contributed by atoms with Crippen LogP contribution in [0.2, 0.25) is 0 Å². The van der Waals surface area contributed by atoms with Crippen molar-refractivity contribution in [2.24, 2.45) is 0 Å². The summed E-state index contributed by atoms with van der Waals surface area (Å²) in [5.41, 5.74) is 0.948. The second kappa shape index (κ2) is 6.19. The van der Waals surface area contributed by atoms with Gasteiger partial charge in [0.25, 0.3) is 11.8 Å². The molecule has 0 aliphatic rings. The minimum Gasteiger partial charge on any atom is -0.321 e. The van der Waals surface area contributed by atoms with E-state index in [9.17, 15) is 9.59 Å². The first-order valence-corrected chi connectivity index (χ1v) is 7.22. The van der Waals surface area contributed by atoms with Crippen LogP contribution in [0.3, 0.4) is 0 Å². The number of amides is 2. The molecule has 0 fully saturated rings. The van der Waals surface area contributed by atoms with E-state index in [2.05, 4.69) is 25.8 Å². The number of H-pyrrole nitrogens is 1. The van der Waals surface area contributed by atoms with Gasteiger partial charge in [0, 0.05) is 11.3 Å². The van der Waals surface area contributed by atoms with Gasteiger partial charge in [-0.3, -0.25) is 14.9 Å². The number of hydrogen-bond acceptors (Lipinski definition) is 5. The Morgan fingerprint density at radius 1 is 1.09 bits per heavy atom. The molecule has 0 unspecified atom stereocenters. The lowest BCUT2D eigenvalue weighted by atomic mass is 10.2. The lowest BCUT2D eigenvalue weighted by molar-refractivity contribution is 0.101. The molecule has 2 amide bonds. The summed E-state index contributed by atoms with van der Waals surface area (Å²) in [5, 5.41) is 13.3. The average molecular weight is 313 g/mol. The van der Waals surface area contributed by atoms with Gasteiger partial charge < -0.3 is 5.32 Å². The molecule has 0 saturated heterocycles. The Kier molecular flexibility index (Phi) is 3.92. The fourth-order valence-corrected chi connectivity index (χ4v) is 2.40. The Morgan fingerprint density at radius 2 is 2.00 bits per heavy atom. The highest BCUT2D eigenvalue weighted by molar-refractivity contribution is 7.12. The van der Waals surface area contributed by atoms with Crippen molar-refractivity contribution in [3.63, 3.8) is 0 Å². The predicted octanol–water partition coefficient (Wildman–Crippen LogP) is 2.37. The zero-order valence-corrected chi connectivity index (χ0v) is 12.1. The maximum absolute atomic E-state index is 12.1. The fraction of sp³-hybridized carbons (Fsp3) is 0. The first-order valence-electron chi connectivity index (χ1n) is 6.34. The largest absolute Gasteiger partial charge is 0.321 e. The van der Waals surface area contributed by atoms with Gasteiger partial charge in [0.15, 0.2) is 0 Å². The molecular formula is C14H11N5O2S. The van der Waals surface area contributed by atoms with E-state index >= 15 is 0 Å². The summed E-state index contributed by atoms with van der Waals surface area (Å²) in [6, 6.07) is 10.2. The molecule has 2 heterocycles. The van der Waals surface area contributed by atoms with Crippen molar-refractivity contribution in [2.75, 3.05) is 10.6 Å². The Morgan fingerprint density at radius 3 is 2.73 bits per heavy atom. The molecule has 2 aromatic heterocycles. The molecule has 0 spiro atoms. The minimum atomic E-state index is -0.344. The molecule has 0 saturated carbocycles. The van der Waals surface area contributed by atoms with Crippen LogP contribution in [0.4, 0.5) is 11.6 Å². The molecule has 110 valence electrons. The molecule has 3 aromatic rings. The molecule has 7 nitrogen and oxygen atoms in total. The topological polar surface area (TPSA) is 99.8 Å². The number of aromatic nitrogens is 3. The zero-order valence-electron chi connectivity index (χ0n) is 11.2. The maximum atomic E-state index is 12.1. The first-order chi connectivity index (χ1) is 10.7. The lowest BCUT2D eigenvalue weighted by Gasteiger charge is -2.06. The van der Waals surface area contributed by atoms with Gasteiger partial charge in [0.2, 0.25) is 5.95 Å². The number of hydrogen-bond donors (Lipinski definition) is 3. The van der Waals surface area contributed by atoms with Crippen LogP contribution in [0.25, 0.3) is 0 Å². The van der Waals surface area contributed by atoms with Crippen LogP contribution in [-0.2, 0) is 0 Å². The van der Waals surface area contributed by atoms with Gasteiger partial charge in [-0.05, 0) is 29.6 Å². The quantitative estimate of drug-likeness (QED) is 0.688. The van der Waals surface area contributed by atoms with Crippen molar-refractivity contribution < 1.29 is 9.59 Å². The number of benzene rings is 1. The molecule has 22 heavy (non-hydrogen) atoms. The van der Waals surface area contributed by atoms with E-state index in [1.807, 2.05) is 5.38 Å². The number of rotatable bonds is 4. The molecular weight excluding hydrogens is 302 g/mol. The molecule has 0 bridgehead atoms. The maximum Gasteiger partial charge on any atom is 0.265 e.